The Morgan fingerprint density at radius 1 is 1.06 bits per heavy atom. The number of fused-ring (bicyclic) bond motifs is 2. The summed E-state index contributed by atoms with van der Waals surface area (Å²) in [5.74, 6) is 0.599. The van der Waals surface area contributed by atoms with E-state index in [4.69, 9.17) is 0 Å². The highest BCUT2D eigenvalue weighted by molar-refractivity contribution is 6.06. The molecule has 0 bridgehead atoms. The smallest absolute Gasteiger partial charge is 0.254 e. The molecule has 8 nitrogen and oxygen atoms in total. The SMILES string of the molecule is O=C1NCc2c(-c3cccn4nccc34)ccc(Nc3ccc(N4CCC(O)CC4)cn3)c21. The summed E-state index contributed by atoms with van der Waals surface area (Å²) in [6.45, 7) is 2.14. The molecule has 166 valence electrons. The highest BCUT2D eigenvalue weighted by atomic mass is 16.3. The first kappa shape index (κ1) is 19.8. The first-order valence-corrected chi connectivity index (χ1v) is 11.2. The molecule has 1 fully saturated rings. The van der Waals surface area contributed by atoms with Crippen molar-refractivity contribution in [3.63, 3.8) is 0 Å². The number of aliphatic hydroxyl groups is 1. The van der Waals surface area contributed by atoms with E-state index in [2.05, 4.69) is 37.7 Å². The number of benzene rings is 1. The summed E-state index contributed by atoms with van der Waals surface area (Å²) in [4.78, 5) is 19.6. The van der Waals surface area contributed by atoms with Crippen LogP contribution in [-0.2, 0) is 6.54 Å². The van der Waals surface area contributed by atoms with Gasteiger partial charge in [0.15, 0.2) is 0 Å². The molecule has 4 aromatic rings. The van der Waals surface area contributed by atoms with Gasteiger partial charge in [0.25, 0.3) is 5.91 Å². The molecule has 2 aliphatic rings. The topological polar surface area (TPSA) is 94.8 Å². The Balaban J connectivity index is 1.31. The zero-order chi connectivity index (χ0) is 22.4. The summed E-state index contributed by atoms with van der Waals surface area (Å²) in [6.07, 6.45) is 6.89. The van der Waals surface area contributed by atoms with Crippen LogP contribution in [0.3, 0.4) is 0 Å². The highest BCUT2D eigenvalue weighted by Gasteiger charge is 2.27. The standard InChI is InChI=1S/C25H24N6O2/c32-17-8-12-30(13-9-17)16-3-6-23(26-14-16)29-21-5-4-18(20-15-27-25(33)24(20)21)19-2-1-11-31-22(19)7-10-28-31/h1-7,10-11,14,17,32H,8-9,12-13,15H2,(H,26,29)(H,27,33). The molecule has 0 saturated carbocycles. The molecule has 5 heterocycles. The van der Waals surface area contributed by atoms with Crippen molar-refractivity contribution in [1.29, 1.82) is 0 Å². The Hall–Kier alpha value is -3.91. The number of aromatic nitrogens is 3. The first-order chi connectivity index (χ1) is 16.2. The van der Waals surface area contributed by atoms with Gasteiger partial charge in [0, 0.05) is 37.6 Å². The van der Waals surface area contributed by atoms with Gasteiger partial charge in [-0.3, -0.25) is 4.79 Å². The second kappa shape index (κ2) is 7.90. The zero-order valence-electron chi connectivity index (χ0n) is 18.0. The molecule has 8 heteroatoms. The number of rotatable bonds is 4. The normalized spacial score (nSPS) is 16.2. The van der Waals surface area contributed by atoms with Crippen LogP contribution < -0.4 is 15.5 Å². The van der Waals surface area contributed by atoms with Crippen LogP contribution in [0.5, 0.6) is 0 Å². The molecule has 0 atom stereocenters. The van der Waals surface area contributed by atoms with Crippen molar-refractivity contribution in [2.75, 3.05) is 23.3 Å². The summed E-state index contributed by atoms with van der Waals surface area (Å²) >= 11 is 0. The lowest BCUT2D eigenvalue weighted by atomic mass is 9.95. The van der Waals surface area contributed by atoms with Crippen LogP contribution in [0.15, 0.2) is 61.1 Å². The number of pyridine rings is 2. The molecule has 2 aliphatic heterocycles. The fraction of sp³-hybridized carbons (Fsp3) is 0.240. The second-order valence-electron chi connectivity index (χ2n) is 8.52. The van der Waals surface area contributed by atoms with Crippen molar-refractivity contribution in [3.8, 4) is 11.1 Å². The van der Waals surface area contributed by atoms with Gasteiger partial charge >= 0.3 is 0 Å². The maximum atomic E-state index is 12.7. The Morgan fingerprint density at radius 2 is 1.94 bits per heavy atom. The van der Waals surface area contributed by atoms with E-state index in [9.17, 15) is 9.90 Å². The van der Waals surface area contributed by atoms with E-state index < -0.39 is 0 Å². The molecular weight excluding hydrogens is 416 g/mol. The number of nitrogens with one attached hydrogen (secondary N) is 2. The predicted octanol–water partition coefficient (Wildman–Crippen LogP) is 3.34. The van der Waals surface area contributed by atoms with Crippen LogP contribution in [0.4, 0.5) is 17.2 Å². The third-order valence-electron chi connectivity index (χ3n) is 6.53. The molecule has 1 amide bonds. The minimum Gasteiger partial charge on any atom is -0.393 e. The number of hydrogen-bond donors (Lipinski definition) is 3. The third kappa shape index (κ3) is 3.48. The predicted molar refractivity (Wildman–Crippen MR) is 127 cm³/mol. The number of carbonyl (C=O) groups is 1. The average molecular weight is 441 g/mol. The highest BCUT2D eigenvalue weighted by Crippen LogP contribution is 2.36. The molecular formula is C25H24N6O2. The molecule has 6 rings (SSSR count). The molecule has 1 aromatic carbocycles. The van der Waals surface area contributed by atoms with Gasteiger partial charge in [-0.15, -0.1) is 0 Å². The number of piperidine rings is 1. The Bertz CT molecular complexity index is 1340. The van der Waals surface area contributed by atoms with E-state index in [1.165, 1.54) is 0 Å². The number of carbonyl (C=O) groups excluding carboxylic acids is 1. The van der Waals surface area contributed by atoms with Gasteiger partial charge < -0.3 is 20.6 Å². The van der Waals surface area contributed by atoms with Gasteiger partial charge in [0.1, 0.15) is 5.82 Å². The van der Waals surface area contributed by atoms with Crippen LogP contribution in [0.2, 0.25) is 0 Å². The Labute approximate surface area is 190 Å². The molecule has 0 radical (unpaired) electrons. The summed E-state index contributed by atoms with van der Waals surface area (Å²) in [5.41, 5.74) is 6.49. The van der Waals surface area contributed by atoms with Crippen molar-refractivity contribution < 1.29 is 9.90 Å². The van der Waals surface area contributed by atoms with Crippen molar-refractivity contribution >= 4 is 28.6 Å². The lowest BCUT2D eigenvalue weighted by Gasteiger charge is -2.31. The molecule has 0 unspecified atom stereocenters. The van der Waals surface area contributed by atoms with Crippen molar-refractivity contribution in [2.45, 2.75) is 25.5 Å². The molecule has 1 saturated heterocycles. The Morgan fingerprint density at radius 3 is 2.76 bits per heavy atom. The van der Waals surface area contributed by atoms with Crippen LogP contribution in [0.1, 0.15) is 28.8 Å². The average Bonchev–Trinajstić information content (AvgIpc) is 3.48. The van der Waals surface area contributed by atoms with Gasteiger partial charge in [0.2, 0.25) is 0 Å². The van der Waals surface area contributed by atoms with Gasteiger partial charge in [-0.2, -0.15) is 5.10 Å². The Kier molecular flexibility index (Phi) is 4.73. The van der Waals surface area contributed by atoms with Crippen molar-refractivity contribution in [2.24, 2.45) is 0 Å². The van der Waals surface area contributed by atoms with E-state index >= 15 is 0 Å². The van der Waals surface area contributed by atoms with Gasteiger partial charge in [-0.1, -0.05) is 12.1 Å². The van der Waals surface area contributed by atoms with E-state index in [-0.39, 0.29) is 12.0 Å². The fourth-order valence-electron chi connectivity index (χ4n) is 4.79. The van der Waals surface area contributed by atoms with Crippen molar-refractivity contribution in [3.05, 3.63) is 72.2 Å². The lowest BCUT2D eigenvalue weighted by Crippen LogP contribution is -2.35. The first-order valence-electron chi connectivity index (χ1n) is 11.2. The minimum atomic E-state index is -0.202. The van der Waals surface area contributed by atoms with Crippen LogP contribution in [-0.4, -0.2) is 44.8 Å². The molecule has 3 aromatic heterocycles. The monoisotopic (exact) mass is 440 g/mol. The summed E-state index contributed by atoms with van der Waals surface area (Å²) < 4.78 is 1.84. The fourth-order valence-corrected chi connectivity index (χ4v) is 4.79. The van der Waals surface area contributed by atoms with Gasteiger partial charge in [-0.05, 0) is 54.3 Å². The van der Waals surface area contributed by atoms with Gasteiger partial charge in [0.05, 0.1) is 34.8 Å². The number of aliphatic hydroxyl groups excluding tert-OH is 1. The summed E-state index contributed by atoms with van der Waals surface area (Å²) in [5, 5.41) is 20.4. The quantitative estimate of drug-likeness (QED) is 0.451. The number of amides is 1. The molecule has 0 spiro atoms. The van der Waals surface area contributed by atoms with Crippen LogP contribution >= 0.6 is 0 Å². The van der Waals surface area contributed by atoms with Crippen LogP contribution in [0, 0.1) is 0 Å². The number of nitrogens with zero attached hydrogens (tertiary/aromatic N) is 4. The van der Waals surface area contributed by atoms with Crippen LogP contribution in [0.25, 0.3) is 16.6 Å². The molecule has 0 aliphatic carbocycles. The van der Waals surface area contributed by atoms with E-state index in [0.717, 1.165) is 59.5 Å². The minimum absolute atomic E-state index is 0.0849. The summed E-state index contributed by atoms with van der Waals surface area (Å²) in [7, 11) is 0. The van der Waals surface area contributed by atoms with Gasteiger partial charge in [-0.25, -0.2) is 9.50 Å². The number of anilines is 3. The largest absolute Gasteiger partial charge is 0.393 e. The van der Waals surface area contributed by atoms with Crippen molar-refractivity contribution in [1.82, 2.24) is 19.9 Å². The third-order valence-corrected chi connectivity index (χ3v) is 6.53. The maximum Gasteiger partial charge on any atom is 0.254 e. The lowest BCUT2D eigenvalue weighted by molar-refractivity contribution is 0.0966. The maximum absolute atomic E-state index is 12.7. The molecule has 33 heavy (non-hydrogen) atoms. The molecule has 3 N–H and O–H groups in total. The van der Waals surface area contributed by atoms with E-state index in [0.29, 0.717) is 17.9 Å². The van der Waals surface area contributed by atoms with E-state index in [1.54, 1.807) is 6.20 Å². The van der Waals surface area contributed by atoms with E-state index in [1.807, 2.05) is 47.2 Å². The zero-order valence-corrected chi connectivity index (χ0v) is 18.0. The number of hydrogen-bond acceptors (Lipinski definition) is 6. The summed E-state index contributed by atoms with van der Waals surface area (Å²) in [6, 6.07) is 14.0. The second-order valence-corrected chi connectivity index (χ2v) is 8.52.